The standard InChI is InChI=1S/C9H11ClN2O2/c10-12(11)8-4-1-7(2-5-8)3-6-9(13)14/h1-2,4-5H,3,6,11H2,(H,13,14). The molecule has 0 fully saturated rings. The van der Waals surface area contributed by atoms with Crippen molar-refractivity contribution in [2.75, 3.05) is 4.53 Å². The average Bonchev–Trinajstić information content (AvgIpc) is 2.15. The lowest BCUT2D eigenvalue weighted by molar-refractivity contribution is -0.136. The highest BCUT2D eigenvalue weighted by Gasteiger charge is 2.00. The molecular formula is C9H11ClN2O2. The maximum Gasteiger partial charge on any atom is 0.303 e. The van der Waals surface area contributed by atoms with Gasteiger partial charge in [0.25, 0.3) is 0 Å². The van der Waals surface area contributed by atoms with E-state index in [9.17, 15) is 4.79 Å². The Balaban J connectivity index is 2.59. The van der Waals surface area contributed by atoms with Gasteiger partial charge in [-0.1, -0.05) is 12.1 Å². The summed E-state index contributed by atoms with van der Waals surface area (Å²) in [6.07, 6.45) is 0.648. The normalized spacial score (nSPS) is 9.86. The zero-order valence-electron chi connectivity index (χ0n) is 7.48. The summed E-state index contributed by atoms with van der Waals surface area (Å²) in [6, 6.07) is 7.09. The molecule has 1 aromatic rings. The first-order chi connectivity index (χ1) is 6.59. The van der Waals surface area contributed by atoms with Gasteiger partial charge < -0.3 is 5.11 Å². The van der Waals surface area contributed by atoms with E-state index in [1.165, 1.54) is 0 Å². The molecule has 1 rings (SSSR count). The van der Waals surface area contributed by atoms with E-state index in [2.05, 4.69) is 0 Å². The number of nitrogens with zero attached hydrogens (tertiary/aromatic N) is 1. The van der Waals surface area contributed by atoms with Gasteiger partial charge in [0.15, 0.2) is 0 Å². The van der Waals surface area contributed by atoms with E-state index in [1.54, 1.807) is 24.3 Å². The molecule has 0 heterocycles. The molecule has 0 radical (unpaired) electrons. The van der Waals surface area contributed by atoms with Crippen molar-refractivity contribution in [2.45, 2.75) is 12.8 Å². The number of hydrazine groups is 1. The largest absolute Gasteiger partial charge is 0.481 e. The Morgan fingerprint density at radius 3 is 2.43 bits per heavy atom. The number of carboxylic acid groups (broad SMARTS) is 1. The van der Waals surface area contributed by atoms with Gasteiger partial charge in [-0.15, -0.1) is 0 Å². The number of anilines is 1. The maximum atomic E-state index is 10.3. The van der Waals surface area contributed by atoms with E-state index in [-0.39, 0.29) is 6.42 Å². The lowest BCUT2D eigenvalue weighted by Gasteiger charge is -2.08. The van der Waals surface area contributed by atoms with Crippen LogP contribution in [0.15, 0.2) is 24.3 Å². The number of carboxylic acids is 1. The van der Waals surface area contributed by atoms with Crippen molar-refractivity contribution in [3.05, 3.63) is 29.8 Å². The summed E-state index contributed by atoms with van der Waals surface area (Å²) in [5.41, 5.74) is 1.63. The third kappa shape index (κ3) is 3.24. The quantitative estimate of drug-likeness (QED) is 0.453. The Labute approximate surface area is 87.0 Å². The number of nitrogens with two attached hydrogens (primary N) is 1. The summed E-state index contributed by atoms with van der Waals surface area (Å²) in [7, 11) is 0. The Kier molecular flexibility index (Phi) is 3.73. The minimum atomic E-state index is -0.799. The fourth-order valence-electron chi connectivity index (χ4n) is 1.06. The van der Waals surface area contributed by atoms with Crippen LogP contribution in [0.1, 0.15) is 12.0 Å². The molecule has 0 aromatic heterocycles. The number of hydrogen-bond acceptors (Lipinski definition) is 3. The van der Waals surface area contributed by atoms with Crippen LogP contribution in [0.25, 0.3) is 0 Å². The third-order valence-electron chi connectivity index (χ3n) is 1.81. The van der Waals surface area contributed by atoms with Gasteiger partial charge in [0.2, 0.25) is 0 Å². The minimum absolute atomic E-state index is 0.132. The predicted octanol–water partition coefficient (Wildman–Crippen LogP) is 1.54. The van der Waals surface area contributed by atoms with Gasteiger partial charge in [0, 0.05) is 18.2 Å². The molecule has 5 heteroatoms. The van der Waals surface area contributed by atoms with E-state index >= 15 is 0 Å². The fourth-order valence-corrected chi connectivity index (χ4v) is 1.17. The summed E-state index contributed by atoms with van der Waals surface area (Å²) in [5, 5.41) is 8.47. The van der Waals surface area contributed by atoms with Gasteiger partial charge >= 0.3 is 5.97 Å². The number of hydrogen-bond donors (Lipinski definition) is 2. The molecular weight excluding hydrogens is 204 g/mol. The molecule has 0 aliphatic rings. The summed E-state index contributed by atoms with van der Waals surface area (Å²) in [6.45, 7) is 0. The number of aryl methyl sites for hydroxylation is 1. The predicted molar refractivity (Wildman–Crippen MR) is 54.9 cm³/mol. The summed E-state index contributed by atoms with van der Waals surface area (Å²) in [5.74, 6) is 4.49. The molecule has 4 nitrogen and oxygen atoms in total. The highest BCUT2D eigenvalue weighted by molar-refractivity contribution is 6.24. The SMILES string of the molecule is NN(Cl)c1ccc(CCC(=O)O)cc1. The first kappa shape index (κ1) is 10.8. The van der Waals surface area contributed by atoms with Gasteiger partial charge in [-0.3, -0.25) is 4.79 Å². The van der Waals surface area contributed by atoms with E-state index < -0.39 is 5.97 Å². The molecule has 0 saturated heterocycles. The van der Waals surface area contributed by atoms with Crippen LogP contribution in [-0.4, -0.2) is 11.1 Å². The van der Waals surface area contributed by atoms with Crippen LogP contribution in [0, 0.1) is 0 Å². The van der Waals surface area contributed by atoms with Gasteiger partial charge in [-0.05, 0) is 24.1 Å². The molecule has 14 heavy (non-hydrogen) atoms. The minimum Gasteiger partial charge on any atom is -0.481 e. The maximum absolute atomic E-state index is 10.3. The van der Waals surface area contributed by atoms with Crippen molar-refractivity contribution in [3.63, 3.8) is 0 Å². The Hall–Kier alpha value is -1.26. The van der Waals surface area contributed by atoms with Crippen molar-refractivity contribution in [1.29, 1.82) is 0 Å². The van der Waals surface area contributed by atoms with Gasteiger partial charge in [0.05, 0.1) is 5.69 Å². The zero-order chi connectivity index (χ0) is 10.6. The van der Waals surface area contributed by atoms with Crippen molar-refractivity contribution in [1.82, 2.24) is 0 Å². The van der Waals surface area contributed by atoms with Crippen LogP contribution in [0.4, 0.5) is 5.69 Å². The van der Waals surface area contributed by atoms with Crippen molar-refractivity contribution in [3.8, 4) is 0 Å². The van der Waals surface area contributed by atoms with Gasteiger partial charge in [0.1, 0.15) is 0 Å². The second kappa shape index (κ2) is 4.83. The van der Waals surface area contributed by atoms with Crippen molar-refractivity contribution in [2.24, 2.45) is 5.84 Å². The molecule has 0 bridgehead atoms. The highest BCUT2D eigenvalue weighted by atomic mass is 35.5. The summed E-state index contributed by atoms with van der Waals surface area (Å²) < 4.78 is 0.987. The lowest BCUT2D eigenvalue weighted by Crippen LogP contribution is -2.18. The van der Waals surface area contributed by atoms with Crippen molar-refractivity contribution >= 4 is 23.4 Å². The molecule has 0 aliphatic carbocycles. The Morgan fingerprint density at radius 1 is 1.43 bits per heavy atom. The van der Waals surface area contributed by atoms with Crippen molar-refractivity contribution < 1.29 is 9.90 Å². The molecule has 3 N–H and O–H groups in total. The Bertz CT molecular complexity index is 311. The third-order valence-corrected chi connectivity index (χ3v) is 2.01. The second-order valence-electron chi connectivity index (χ2n) is 2.87. The average molecular weight is 215 g/mol. The first-order valence-electron chi connectivity index (χ1n) is 4.11. The highest BCUT2D eigenvalue weighted by Crippen LogP contribution is 2.14. The molecule has 0 saturated carbocycles. The van der Waals surface area contributed by atoms with Crippen LogP contribution in [0.2, 0.25) is 0 Å². The molecule has 0 spiro atoms. The number of benzene rings is 1. The van der Waals surface area contributed by atoms with E-state index in [4.69, 9.17) is 22.7 Å². The molecule has 76 valence electrons. The molecule has 0 unspecified atom stereocenters. The zero-order valence-corrected chi connectivity index (χ0v) is 8.24. The van der Waals surface area contributed by atoms with E-state index in [0.717, 1.165) is 10.1 Å². The fraction of sp³-hybridized carbons (Fsp3) is 0.222. The number of carbonyl (C=O) groups is 1. The lowest BCUT2D eigenvalue weighted by atomic mass is 10.1. The number of halogens is 1. The van der Waals surface area contributed by atoms with Crippen LogP contribution in [-0.2, 0) is 11.2 Å². The smallest absolute Gasteiger partial charge is 0.303 e. The van der Waals surface area contributed by atoms with E-state index in [0.29, 0.717) is 12.1 Å². The van der Waals surface area contributed by atoms with E-state index in [1.807, 2.05) is 0 Å². The summed E-state index contributed by atoms with van der Waals surface area (Å²) in [4.78, 5) is 10.3. The number of aliphatic carboxylic acids is 1. The number of rotatable bonds is 4. The van der Waals surface area contributed by atoms with Crippen LogP contribution in [0.5, 0.6) is 0 Å². The molecule has 0 atom stereocenters. The Morgan fingerprint density at radius 2 is 2.00 bits per heavy atom. The van der Waals surface area contributed by atoms with Crippen LogP contribution in [0.3, 0.4) is 0 Å². The van der Waals surface area contributed by atoms with Crippen LogP contribution < -0.4 is 10.4 Å². The van der Waals surface area contributed by atoms with Crippen LogP contribution >= 0.6 is 11.8 Å². The molecule has 0 aliphatic heterocycles. The topological polar surface area (TPSA) is 66.6 Å². The molecule has 1 aromatic carbocycles. The molecule has 0 amide bonds. The second-order valence-corrected chi connectivity index (χ2v) is 3.24. The van der Waals surface area contributed by atoms with Gasteiger partial charge in [-0.25, -0.2) is 10.4 Å². The summed E-state index contributed by atoms with van der Waals surface area (Å²) >= 11 is 5.50. The first-order valence-corrected chi connectivity index (χ1v) is 4.45. The monoisotopic (exact) mass is 214 g/mol. The van der Waals surface area contributed by atoms with Gasteiger partial charge in [-0.2, -0.15) is 0 Å².